The number of carbonyl (C=O) groups is 2. The predicted molar refractivity (Wildman–Crippen MR) is 117 cm³/mol. The van der Waals surface area contributed by atoms with Crippen molar-refractivity contribution in [3.8, 4) is 0 Å². The maximum Gasteiger partial charge on any atom is 0.242 e. The van der Waals surface area contributed by atoms with E-state index in [4.69, 9.17) is 11.6 Å². The van der Waals surface area contributed by atoms with Crippen molar-refractivity contribution in [1.82, 2.24) is 10.2 Å². The van der Waals surface area contributed by atoms with Crippen LogP contribution in [0, 0.1) is 11.7 Å². The van der Waals surface area contributed by atoms with Gasteiger partial charge in [0.15, 0.2) is 0 Å². The third-order valence-corrected chi connectivity index (χ3v) is 5.39. The van der Waals surface area contributed by atoms with Crippen molar-refractivity contribution in [3.63, 3.8) is 0 Å². The first-order chi connectivity index (χ1) is 13.7. The van der Waals surface area contributed by atoms with Gasteiger partial charge >= 0.3 is 0 Å². The zero-order chi connectivity index (χ0) is 21.6. The van der Waals surface area contributed by atoms with Crippen molar-refractivity contribution in [2.24, 2.45) is 5.92 Å². The van der Waals surface area contributed by atoms with E-state index < -0.39 is 11.9 Å². The minimum atomic E-state index is -0.713. The zero-order valence-corrected chi connectivity index (χ0v) is 19.1. The fraction of sp³-hybridized carbons (Fsp3) is 0.364. The lowest BCUT2D eigenvalue weighted by Gasteiger charge is -2.29. The summed E-state index contributed by atoms with van der Waals surface area (Å²) in [6, 6.07) is 11.1. The first kappa shape index (κ1) is 23.4. The fourth-order valence-corrected chi connectivity index (χ4v) is 3.27. The van der Waals surface area contributed by atoms with Gasteiger partial charge in [0.2, 0.25) is 11.8 Å². The monoisotopic (exact) mass is 482 g/mol. The van der Waals surface area contributed by atoms with Crippen LogP contribution in [0.1, 0.15) is 31.9 Å². The normalized spacial score (nSPS) is 12.0. The molecule has 0 aliphatic heterocycles. The standard InChI is InChI=1S/C22H25BrClFN2O2/c1-14(2)12-26-22(29)15(3)27(13-16-7-9-17(23)10-8-16)21(28)11-18-19(24)5-4-6-20(18)25/h4-10,14-15H,11-13H2,1-3H3,(H,26,29). The van der Waals surface area contributed by atoms with Crippen LogP contribution in [0.3, 0.4) is 0 Å². The summed E-state index contributed by atoms with van der Waals surface area (Å²) in [7, 11) is 0. The molecule has 29 heavy (non-hydrogen) atoms. The highest BCUT2D eigenvalue weighted by Crippen LogP contribution is 2.22. The molecule has 0 saturated carbocycles. The summed E-state index contributed by atoms with van der Waals surface area (Å²) < 4.78 is 15.1. The topological polar surface area (TPSA) is 49.4 Å². The molecule has 2 aromatic rings. The Balaban J connectivity index is 2.26. The molecule has 0 saturated heterocycles. The molecule has 1 atom stereocenters. The first-order valence-corrected chi connectivity index (χ1v) is 10.6. The van der Waals surface area contributed by atoms with Crippen LogP contribution >= 0.6 is 27.5 Å². The second-order valence-corrected chi connectivity index (χ2v) is 8.66. The van der Waals surface area contributed by atoms with Gasteiger partial charge < -0.3 is 10.2 Å². The van der Waals surface area contributed by atoms with Gasteiger partial charge in [-0.25, -0.2) is 4.39 Å². The Labute approximate surface area is 184 Å². The number of halogens is 3. The van der Waals surface area contributed by atoms with E-state index in [2.05, 4.69) is 21.2 Å². The van der Waals surface area contributed by atoms with Crippen LogP contribution in [0.4, 0.5) is 4.39 Å². The molecule has 0 aromatic heterocycles. The number of nitrogens with zero attached hydrogens (tertiary/aromatic N) is 1. The van der Waals surface area contributed by atoms with Crippen molar-refractivity contribution in [3.05, 3.63) is 68.9 Å². The van der Waals surface area contributed by atoms with E-state index in [1.807, 2.05) is 38.1 Å². The summed E-state index contributed by atoms with van der Waals surface area (Å²) in [5.41, 5.74) is 0.999. The van der Waals surface area contributed by atoms with Crippen LogP contribution in [0.2, 0.25) is 5.02 Å². The molecular weight excluding hydrogens is 459 g/mol. The third kappa shape index (κ3) is 6.82. The molecule has 2 aromatic carbocycles. The Hall–Kier alpha value is -1.92. The van der Waals surface area contributed by atoms with Gasteiger partial charge in [-0.15, -0.1) is 0 Å². The number of rotatable bonds is 8. The number of hydrogen-bond acceptors (Lipinski definition) is 2. The van der Waals surface area contributed by atoms with Crippen LogP contribution in [-0.2, 0) is 22.6 Å². The largest absolute Gasteiger partial charge is 0.354 e. The quantitative estimate of drug-likeness (QED) is 0.576. The Bertz CT molecular complexity index is 838. The van der Waals surface area contributed by atoms with Gasteiger partial charge in [0.25, 0.3) is 0 Å². The second-order valence-electron chi connectivity index (χ2n) is 7.34. The van der Waals surface area contributed by atoms with Crippen LogP contribution in [0.5, 0.6) is 0 Å². The van der Waals surface area contributed by atoms with Gasteiger partial charge in [0, 0.05) is 28.1 Å². The Kier molecular flexibility index (Phi) is 8.65. The van der Waals surface area contributed by atoms with Crippen molar-refractivity contribution < 1.29 is 14.0 Å². The van der Waals surface area contributed by atoms with E-state index in [-0.39, 0.29) is 35.4 Å². The Morgan fingerprint density at radius 2 is 1.79 bits per heavy atom. The number of benzene rings is 2. The van der Waals surface area contributed by atoms with Gasteiger partial charge in [-0.1, -0.05) is 59.6 Å². The number of amides is 2. The Morgan fingerprint density at radius 3 is 2.38 bits per heavy atom. The van der Waals surface area contributed by atoms with E-state index in [9.17, 15) is 14.0 Å². The van der Waals surface area contributed by atoms with Crippen molar-refractivity contribution in [1.29, 1.82) is 0 Å². The highest BCUT2D eigenvalue weighted by atomic mass is 79.9. The summed E-state index contributed by atoms with van der Waals surface area (Å²) in [6.07, 6.45) is -0.218. The van der Waals surface area contributed by atoms with Crippen molar-refractivity contribution >= 4 is 39.3 Å². The Morgan fingerprint density at radius 1 is 1.14 bits per heavy atom. The molecule has 4 nitrogen and oxygen atoms in total. The maximum atomic E-state index is 14.2. The van der Waals surface area contributed by atoms with E-state index in [0.717, 1.165) is 10.0 Å². The van der Waals surface area contributed by atoms with Gasteiger partial charge in [-0.05, 0) is 42.7 Å². The molecule has 0 aliphatic rings. The average molecular weight is 484 g/mol. The molecule has 0 fully saturated rings. The number of carbonyl (C=O) groups excluding carboxylic acids is 2. The molecule has 1 unspecified atom stereocenters. The molecular formula is C22H25BrClFN2O2. The average Bonchev–Trinajstić information content (AvgIpc) is 2.67. The van der Waals surface area contributed by atoms with E-state index in [0.29, 0.717) is 12.5 Å². The molecule has 2 rings (SSSR count). The molecule has 156 valence electrons. The lowest BCUT2D eigenvalue weighted by molar-refractivity contribution is -0.140. The molecule has 0 radical (unpaired) electrons. The summed E-state index contributed by atoms with van der Waals surface area (Å²) in [6.45, 7) is 6.41. The third-order valence-electron chi connectivity index (χ3n) is 4.51. The first-order valence-electron chi connectivity index (χ1n) is 9.43. The summed E-state index contributed by atoms with van der Waals surface area (Å²) in [5.74, 6) is -0.860. The highest BCUT2D eigenvalue weighted by Gasteiger charge is 2.27. The number of hydrogen-bond donors (Lipinski definition) is 1. The van der Waals surface area contributed by atoms with Crippen molar-refractivity contribution in [2.45, 2.75) is 39.8 Å². The smallest absolute Gasteiger partial charge is 0.242 e. The van der Waals surface area contributed by atoms with E-state index in [1.54, 1.807) is 13.0 Å². The molecule has 1 N–H and O–H groups in total. The second kappa shape index (κ2) is 10.7. The van der Waals surface area contributed by atoms with Crippen LogP contribution in [0.15, 0.2) is 46.9 Å². The summed E-state index contributed by atoms with van der Waals surface area (Å²) >= 11 is 9.47. The minimum absolute atomic E-state index is 0.134. The molecule has 7 heteroatoms. The van der Waals surface area contributed by atoms with Crippen LogP contribution < -0.4 is 5.32 Å². The predicted octanol–water partition coefficient (Wildman–Crippen LogP) is 4.97. The SMILES string of the molecule is CC(C)CNC(=O)C(C)N(Cc1ccc(Br)cc1)C(=O)Cc1c(F)cccc1Cl. The summed E-state index contributed by atoms with van der Waals surface area (Å²) in [4.78, 5) is 27.2. The molecule has 0 heterocycles. The van der Waals surface area contributed by atoms with Gasteiger partial charge in [0.1, 0.15) is 11.9 Å². The molecule has 2 amide bonds. The summed E-state index contributed by atoms with van der Waals surface area (Å²) in [5, 5.41) is 3.05. The zero-order valence-electron chi connectivity index (χ0n) is 16.7. The van der Waals surface area contributed by atoms with Gasteiger partial charge in [-0.3, -0.25) is 9.59 Å². The van der Waals surface area contributed by atoms with Crippen molar-refractivity contribution in [2.75, 3.05) is 6.54 Å². The van der Waals surface area contributed by atoms with E-state index >= 15 is 0 Å². The van der Waals surface area contributed by atoms with Gasteiger partial charge in [-0.2, -0.15) is 0 Å². The van der Waals surface area contributed by atoms with Crippen LogP contribution in [-0.4, -0.2) is 29.3 Å². The lowest BCUT2D eigenvalue weighted by atomic mass is 10.1. The number of nitrogens with one attached hydrogen (secondary N) is 1. The molecule has 0 bridgehead atoms. The highest BCUT2D eigenvalue weighted by molar-refractivity contribution is 9.10. The lowest BCUT2D eigenvalue weighted by Crippen LogP contribution is -2.48. The molecule has 0 aliphatic carbocycles. The fourth-order valence-electron chi connectivity index (χ4n) is 2.78. The maximum absolute atomic E-state index is 14.2. The van der Waals surface area contributed by atoms with Gasteiger partial charge in [0.05, 0.1) is 6.42 Å². The molecule has 0 spiro atoms. The van der Waals surface area contributed by atoms with E-state index in [1.165, 1.54) is 17.0 Å². The van der Waals surface area contributed by atoms with Crippen LogP contribution in [0.25, 0.3) is 0 Å². The minimum Gasteiger partial charge on any atom is -0.354 e.